The molecule has 0 spiro atoms. The van der Waals surface area contributed by atoms with Gasteiger partial charge in [-0.05, 0) is 25.7 Å². The fourth-order valence-electron chi connectivity index (χ4n) is 4.16. The Balaban J connectivity index is 3.30. The standard InChI is InChI=1S/C26H55NO/c1-4-6-8-10-12-14-16-18-20-22-24-26-27(3,28)25-23-21-19-17-15-13-11-9-7-5-2/h4-26H2,1-3H3. The van der Waals surface area contributed by atoms with Crippen LogP contribution in [0.3, 0.4) is 0 Å². The highest BCUT2D eigenvalue weighted by Crippen LogP contribution is 2.14. The van der Waals surface area contributed by atoms with Gasteiger partial charge in [0.25, 0.3) is 0 Å². The van der Waals surface area contributed by atoms with E-state index in [4.69, 9.17) is 0 Å². The molecule has 0 aromatic rings. The molecule has 170 valence electrons. The van der Waals surface area contributed by atoms with Crippen LogP contribution in [0.2, 0.25) is 0 Å². The number of quaternary nitrogens is 1. The number of nitrogens with zero attached hydrogens (tertiary/aromatic N) is 1. The van der Waals surface area contributed by atoms with E-state index in [0.717, 1.165) is 25.9 Å². The lowest BCUT2D eigenvalue weighted by atomic mass is 10.1. The summed E-state index contributed by atoms with van der Waals surface area (Å²) < 4.78 is -0.00551. The highest BCUT2D eigenvalue weighted by atomic mass is 16.5. The smallest absolute Gasteiger partial charge is 0.0781 e. The summed E-state index contributed by atoms with van der Waals surface area (Å²) in [5.74, 6) is 0. The molecular weight excluding hydrogens is 342 g/mol. The van der Waals surface area contributed by atoms with Gasteiger partial charge in [-0.2, -0.15) is 0 Å². The zero-order valence-electron chi connectivity index (χ0n) is 20.1. The third-order valence-corrected chi connectivity index (χ3v) is 6.22. The molecule has 0 rings (SSSR count). The van der Waals surface area contributed by atoms with Gasteiger partial charge in [0.15, 0.2) is 0 Å². The Labute approximate surface area is 179 Å². The molecule has 2 heteroatoms. The van der Waals surface area contributed by atoms with Gasteiger partial charge >= 0.3 is 0 Å². The Morgan fingerprint density at radius 1 is 0.393 bits per heavy atom. The molecule has 28 heavy (non-hydrogen) atoms. The van der Waals surface area contributed by atoms with E-state index in [9.17, 15) is 5.21 Å². The van der Waals surface area contributed by atoms with E-state index >= 15 is 0 Å². The van der Waals surface area contributed by atoms with Crippen molar-refractivity contribution in [2.75, 3.05) is 20.1 Å². The summed E-state index contributed by atoms with van der Waals surface area (Å²) in [7, 11) is 1.89. The summed E-state index contributed by atoms with van der Waals surface area (Å²) in [5.41, 5.74) is 0. The Hall–Kier alpha value is -0.0800. The van der Waals surface area contributed by atoms with Crippen molar-refractivity contribution in [3.63, 3.8) is 0 Å². The van der Waals surface area contributed by atoms with Crippen molar-refractivity contribution < 1.29 is 4.65 Å². The first-order valence-corrected chi connectivity index (χ1v) is 13.2. The minimum atomic E-state index is -0.00551. The Kier molecular flexibility index (Phi) is 21.6. The lowest BCUT2D eigenvalue weighted by Crippen LogP contribution is -2.39. The van der Waals surface area contributed by atoms with Crippen LogP contribution in [-0.2, 0) is 0 Å². The van der Waals surface area contributed by atoms with E-state index in [0.29, 0.717) is 0 Å². The number of hydroxylamine groups is 3. The zero-order chi connectivity index (χ0) is 20.8. The van der Waals surface area contributed by atoms with E-state index in [1.807, 2.05) is 7.05 Å². The van der Waals surface area contributed by atoms with Gasteiger partial charge in [0.2, 0.25) is 0 Å². The van der Waals surface area contributed by atoms with Crippen LogP contribution in [0, 0.1) is 5.21 Å². The monoisotopic (exact) mass is 397 g/mol. The largest absolute Gasteiger partial charge is 0.633 e. The molecule has 0 bridgehead atoms. The second-order valence-electron chi connectivity index (χ2n) is 9.46. The Morgan fingerprint density at radius 3 is 0.857 bits per heavy atom. The van der Waals surface area contributed by atoms with E-state index in [1.165, 1.54) is 122 Å². The lowest BCUT2D eigenvalue weighted by molar-refractivity contribution is -0.861. The second-order valence-corrected chi connectivity index (χ2v) is 9.46. The van der Waals surface area contributed by atoms with E-state index in [-0.39, 0.29) is 4.65 Å². The van der Waals surface area contributed by atoms with Crippen molar-refractivity contribution in [1.29, 1.82) is 0 Å². The molecule has 0 heterocycles. The maximum Gasteiger partial charge on any atom is 0.0781 e. The number of rotatable bonds is 23. The van der Waals surface area contributed by atoms with Crippen LogP contribution in [0.1, 0.15) is 149 Å². The van der Waals surface area contributed by atoms with E-state index in [2.05, 4.69) is 13.8 Å². The third kappa shape index (κ3) is 22.2. The summed E-state index contributed by atoms with van der Waals surface area (Å²) in [4.78, 5) is 0. The Bertz CT molecular complexity index is 290. The first-order chi connectivity index (χ1) is 13.6. The summed E-state index contributed by atoms with van der Waals surface area (Å²) in [6.07, 6.45) is 28.4. The van der Waals surface area contributed by atoms with Crippen molar-refractivity contribution in [3.8, 4) is 0 Å². The number of unbranched alkanes of at least 4 members (excludes halogenated alkanes) is 19. The van der Waals surface area contributed by atoms with Gasteiger partial charge < -0.3 is 9.85 Å². The van der Waals surface area contributed by atoms with Gasteiger partial charge in [-0.15, -0.1) is 0 Å². The van der Waals surface area contributed by atoms with Crippen LogP contribution in [0.4, 0.5) is 0 Å². The van der Waals surface area contributed by atoms with E-state index in [1.54, 1.807) is 0 Å². The van der Waals surface area contributed by atoms with Gasteiger partial charge in [0.05, 0.1) is 20.1 Å². The van der Waals surface area contributed by atoms with Crippen LogP contribution in [0.25, 0.3) is 0 Å². The molecule has 0 saturated carbocycles. The summed E-state index contributed by atoms with van der Waals surface area (Å²) in [6, 6.07) is 0. The molecule has 0 saturated heterocycles. The van der Waals surface area contributed by atoms with Gasteiger partial charge in [-0.25, -0.2) is 0 Å². The molecule has 0 fully saturated rings. The van der Waals surface area contributed by atoms with Gasteiger partial charge in [0.1, 0.15) is 0 Å². The van der Waals surface area contributed by atoms with Gasteiger partial charge in [-0.1, -0.05) is 123 Å². The number of hydrogen-bond acceptors (Lipinski definition) is 1. The minimum absolute atomic E-state index is 0.00551. The van der Waals surface area contributed by atoms with Crippen molar-refractivity contribution >= 4 is 0 Å². The van der Waals surface area contributed by atoms with Crippen LogP contribution in [0.15, 0.2) is 0 Å². The highest BCUT2D eigenvalue weighted by molar-refractivity contribution is 4.51. The summed E-state index contributed by atoms with van der Waals surface area (Å²) in [5, 5.41) is 12.5. The molecule has 0 N–H and O–H groups in total. The molecule has 0 aliphatic rings. The van der Waals surface area contributed by atoms with Crippen molar-refractivity contribution in [2.45, 2.75) is 149 Å². The molecule has 1 unspecified atom stereocenters. The van der Waals surface area contributed by atoms with Crippen LogP contribution in [0.5, 0.6) is 0 Å². The normalized spacial score (nSPS) is 13.7. The molecular formula is C26H55NO. The van der Waals surface area contributed by atoms with Gasteiger partial charge in [0, 0.05) is 0 Å². The molecule has 0 aromatic heterocycles. The topological polar surface area (TPSA) is 23.1 Å². The first kappa shape index (κ1) is 27.9. The molecule has 0 aromatic carbocycles. The lowest BCUT2D eigenvalue weighted by Gasteiger charge is -2.39. The summed E-state index contributed by atoms with van der Waals surface area (Å²) in [6.45, 7) is 6.21. The Morgan fingerprint density at radius 2 is 0.607 bits per heavy atom. The predicted octanol–water partition coefficient (Wildman–Crippen LogP) is 9.16. The van der Waals surface area contributed by atoms with Crippen molar-refractivity contribution in [2.24, 2.45) is 0 Å². The molecule has 2 nitrogen and oxygen atoms in total. The maximum atomic E-state index is 12.5. The highest BCUT2D eigenvalue weighted by Gasteiger charge is 2.09. The molecule has 1 atom stereocenters. The van der Waals surface area contributed by atoms with Crippen LogP contribution < -0.4 is 0 Å². The van der Waals surface area contributed by atoms with Crippen molar-refractivity contribution in [3.05, 3.63) is 5.21 Å². The fraction of sp³-hybridized carbons (Fsp3) is 1.00. The van der Waals surface area contributed by atoms with Crippen LogP contribution >= 0.6 is 0 Å². The second kappa shape index (κ2) is 21.6. The SMILES string of the molecule is CCCCCCCCCCCCC[N+](C)([O-])CCCCCCCCCCCC. The molecule has 0 amide bonds. The fourth-order valence-corrected chi connectivity index (χ4v) is 4.16. The van der Waals surface area contributed by atoms with Crippen molar-refractivity contribution in [1.82, 2.24) is 0 Å². The number of hydrogen-bond donors (Lipinski definition) is 0. The minimum Gasteiger partial charge on any atom is -0.633 e. The quantitative estimate of drug-likeness (QED) is 0.0957. The van der Waals surface area contributed by atoms with E-state index < -0.39 is 0 Å². The van der Waals surface area contributed by atoms with Gasteiger partial charge in [-0.3, -0.25) is 0 Å². The summed E-state index contributed by atoms with van der Waals surface area (Å²) >= 11 is 0. The third-order valence-electron chi connectivity index (χ3n) is 6.22. The first-order valence-electron chi connectivity index (χ1n) is 13.2. The average Bonchev–Trinajstić information content (AvgIpc) is 2.67. The zero-order valence-corrected chi connectivity index (χ0v) is 20.1. The maximum absolute atomic E-state index is 12.5. The van der Waals surface area contributed by atoms with Crippen LogP contribution in [-0.4, -0.2) is 24.8 Å². The predicted molar refractivity (Wildman–Crippen MR) is 128 cm³/mol. The molecule has 0 radical (unpaired) electrons. The molecule has 0 aliphatic heterocycles. The average molecular weight is 398 g/mol. The molecule has 0 aliphatic carbocycles.